The number of rotatable bonds is 7. The molecule has 0 spiro atoms. The molecule has 0 aliphatic carbocycles. The van der Waals surface area contributed by atoms with E-state index in [0.29, 0.717) is 25.2 Å². The highest BCUT2D eigenvalue weighted by atomic mass is 16.2. The van der Waals surface area contributed by atoms with Gasteiger partial charge in [-0.25, -0.2) is 0 Å². The van der Waals surface area contributed by atoms with E-state index in [9.17, 15) is 9.59 Å². The Morgan fingerprint density at radius 1 is 1.00 bits per heavy atom. The lowest BCUT2D eigenvalue weighted by molar-refractivity contribution is -0.132. The lowest BCUT2D eigenvalue weighted by Gasteiger charge is -2.25. The van der Waals surface area contributed by atoms with Crippen molar-refractivity contribution in [3.63, 3.8) is 0 Å². The summed E-state index contributed by atoms with van der Waals surface area (Å²) in [6, 6.07) is 7.57. The molecule has 1 aromatic carbocycles. The third-order valence-corrected chi connectivity index (χ3v) is 5.70. The Balaban J connectivity index is 1.60. The third-order valence-electron chi connectivity index (χ3n) is 5.70. The van der Waals surface area contributed by atoms with Crippen LogP contribution in [0.4, 0.5) is 0 Å². The standard InChI is InChI=1S/C22H32N6O2/c1-4-26(5-2)20(29)16-25-12-7-13-28(15-14-25)22(30)19-10-8-18(9-11-19)21-24-23-17-27(21)6-3/h8-11,17H,4-7,12-16H2,1-3H3. The largest absolute Gasteiger partial charge is 0.342 e. The minimum Gasteiger partial charge on any atom is -0.342 e. The molecule has 1 aliphatic rings. The van der Waals surface area contributed by atoms with Gasteiger partial charge in [-0.1, -0.05) is 12.1 Å². The zero-order chi connectivity index (χ0) is 21.5. The Hall–Kier alpha value is -2.74. The summed E-state index contributed by atoms with van der Waals surface area (Å²) in [7, 11) is 0. The molecule has 0 bridgehead atoms. The van der Waals surface area contributed by atoms with E-state index < -0.39 is 0 Å². The summed E-state index contributed by atoms with van der Waals surface area (Å²) in [4.78, 5) is 31.3. The van der Waals surface area contributed by atoms with Crippen LogP contribution in [-0.4, -0.2) is 87.1 Å². The maximum Gasteiger partial charge on any atom is 0.253 e. The highest BCUT2D eigenvalue weighted by Gasteiger charge is 2.22. The smallest absolute Gasteiger partial charge is 0.253 e. The SMILES string of the molecule is CCN(CC)C(=O)CN1CCCN(C(=O)c2ccc(-c3nncn3CC)cc2)CC1. The second-order valence-corrected chi connectivity index (χ2v) is 7.51. The third kappa shape index (κ3) is 5.05. The normalized spacial score (nSPS) is 15.1. The van der Waals surface area contributed by atoms with Gasteiger partial charge in [0.25, 0.3) is 5.91 Å². The van der Waals surface area contributed by atoms with Gasteiger partial charge >= 0.3 is 0 Å². The van der Waals surface area contributed by atoms with E-state index in [0.717, 1.165) is 50.5 Å². The molecule has 30 heavy (non-hydrogen) atoms. The molecular formula is C22H32N6O2. The monoisotopic (exact) mass is 412 g/mol. The number of carbonyl (C=O) groups excluding carboxylic acids is 2. The van der Waals surface area contributed by atoms with E-state index in [-0.39, 0.29) is 11.8 Å². The van der Waals surface area contributed by atoms with Crippen molar-refractivity contribution in [1.82, 2.24) is 29.5 Å². The molecule has 2 aromatic rings. The fourth-order valence-electron chi connectivity index (χ4n) is 3.85. The zero-order valence-electron chi connectivity index (χ0n) is 18.3. The van der Waals surface area contributed by atoms with Crippen molar-refractivity contribution < 1.29 is 9.59 Å². The molecule has 162 valence electrons. The molecule has 0 atom stereocenters. The Kier molecular flexibility index (Phi) is 7.57. The van der Waals surface area contributed by atoms with Crippen molar-refractivity contribution >= 4 is 11.8 Å². The van der Waals surface area contributed by atoms with Crippen molar-refractivity contribution in [2.45, 2.75) is 33.7 Å². The second-order valence-electron chi connectivity index (χ2n) is 7.51. The van der Waals surface area contributed by atoms with Gasteiger partial charge in [0.05, 0.1) is 6.54 Å². The van der Waals surface area contributed by atoms with E-state index in [2.05, 4.69) is 15.1 Å². The first-order valence-electron chi connectivity index (χ1n) is 10.8. The molecule has 1 aromatic heterocycles. The first-order valence-corrected chi connectivity index (χ1v) is 10.8. The van der Waals surface area contributed by atoms with E-state index in [1.807, 2.05) is 59.4 Å². The summed E-state index contributed by atoms with van der Waals surface area (Å²) in [6.07, 6.45) is 2.58. The van der Waals surface area contributed by atoms with Crippen LogP contribution >= 0.6 is 0 Å². The average Bonchev–Trinajstić information content (AvgIpc) is 3.13. The molecule has 0 saturated carbocycles. The number of hydrogen-bond donors (Lipinski definition) is 0. The highest BCUT2D eigenvalue weighted by molar-refractivity contribution is 5.94. The minimum absolute atomic E-state index is 0.0374. The van der Waals surface area contributed by atoms with Gasteiger partial charge in [-0.3, -0.25) is 14.5 Å². The quantitative estimate of drug-likeness (QED) is 0.695. The van der Waals surface area contributed by atoms with E-state index in [1.165, 1.54) is 0 Å². The fourth-order valence-corrected chi connectivity index (χ4v) is 3.85. The number of benzene rings is 1. The van der Waals surface area contributed by atoms with E-state index >= 15 is 0 Å². The number of amides is 2. The lowest BCUT2D eigenvalue weighted by atomic mass is 10.1. The van der Waals surface area contributed by atoms with Crippen LogP contribution in [0.2, 0.25) is 0 Å². The van der Waals surface area contributed by atoms with Crippen LogP contribution < -0.4 is 0 Å². The van der Waals surface area contributed by atoms with Crippen molar-refractivity contribution in [2.75, 3.05) is 45.8 Å². The second kappa shape index (κ2) is 10.3. The van der Waals surface area contributed by atoms with Gasteiger partial charge in [-0.05, 0) is 39.3 Å². The number of likely N-dealkylation sites (N-methyl/N-ethyl adjacent to an activating group) is 1. The molecule has 8 heteroatoms. The molecule has 0 N–H and O–H groups in total. The van der Waals surface area contributed by atoms with Crippen molar-refractivity contribution in [1.29, 1.82) is 0 Å². The average molecular weight is 413 g/mol. The van der Waals surface area contributed by atoms with Gasteiger partial charge in [0.1, 0.15) is 6.33 Å². The molecule has 2 heterocycles. The molecule has 1 fully saturated rings. The van der Waals surface area contributed by atoms with Gasteiger partial charge in [-0.15, -0.1) is 10.2 Å². The van der Waals surface area contributed by atoms with Crippen LogP contribution in [0.15, 0.2) is 30.6 Å². The van der Waals surface area contributed by atoms with Gasteiger partial charge in [0.15, 0.2) is 5.82 Å². The molecule has 8 nitrogen and oxygen atoms in total. The van der Waals surface area contributed by atoms with Crippen molar-refractivity contribution in [2.24, 2.45) is 0 Å². The molecule has 1 aliphatic heterocycles. The summed E-state index contributed by atoms with van der Waals surface area (Å²) < 4.78 is 1.97. The van der Waals surface area contributed by atoms with Gasteiger partial charge < -0.3 is 14.4 Å². The van der Waals surface area contributed by atoms with Crippen LogP contribution in [0.1, 0.15) is 37.6 Å². The maximum atomic E-state index is 13.0. The van der Waals surface area contributed by atoms with Crippen LogP contribution in [0.25, 0.3) is 11.4 Å². The van der Waals surface area contributed by atoms with Crippen molar-refractivity contribution in [3.05, 3.63) is 36.2 Å². The minimum atomic E-state index is 0.0374. The Morgan fingerprint density at radius 2 is 1.73 bits per heavy atom. The Bertz CT molecular complexity index is 844. The van der Waals surface area contributed by atoms with Crippen LogP contribution in [0.5, 0.6) is 0 Å². The van der Waals surface area contributed by atoms with Gasteiger partial charge in [0, 0.05) is 56.9 Å². The number of hydrogen-bond acceptors (Lipinski definition) is 5. The Morgan fingerprint density at radius 3 is 2.40 bits per heavy atom. The summed E-state index contributed by atoms with van der Waals surface area (Å²) in [6.45, 7) is 11.6. The van der Waals surface area contributed by atoms with E-state index in [4.69, 9.17) is 0 Å². The predicted molar refractivity (Wildman–Crippen MR) is 116 cm³/mol. The summed E-state index contributed by atoms with van der Waals surface area (Å²) in [5.41, 5.74) is 1.62. The molecule has 0 unspecified atom stereocenters. The highest BCUT2D eigenvalue weighted by Crippen LogP contribution is 2.18. The van der Waals surface area contributed by atoms with Crippen LogP contribution in [0.3, 0.4) is 0 Å². The predicted octanol–water partition coefficient (Wildman–Crippen LogP) is 1.98. The molecule has 3 rings (SSSR count). The maximum absolute atomic E-state index is 13.0. The van der Waals surface area contributed by atoms with Gasteiger partial charge in [-0.2, -0.15) is 0 Å². The first kappa shape index (κ1) is 22.0. The topological polar surface area (TPSA) is 74.6 Å². The summed E-state index contributed by atoms with van der Waals surface area (Å²) >= 11 is 0. The number of aromatic nitrogens is 3. The molecule has 2 amide bonds. The molecular weight excluding hydrogens is 380 g/mol. The molecule has 1 saturated heterocycles. The van der Waals surface area contributed by atoms with E-state index in [1.54, 1.807) is 6.33 Å². The molecule has 0 radical (unpaired) electrons. The number of carbonyl (C=O) groups is 2. The van der Waals surface area contributed by atoms with Crippen molar-refractivity contribution in [3.8, 4) is 11.4 Å². The summed E-state index contributed by atoms with van der Waals surface area (Å²) in [5.74, 6) is 1.01. The van der Waals surface area contributed by atoms with Crippen LogP contribution in [0, 0.1) is 0 Å². The fraction of sp³-hybridized carbons (Fsp3) is 0.545. The Labute approximate surface area is 178 Å². The zero-order valence-corrected chi connectivity index (χ0v) is 18.3. The lowest BCUT2D eigenvalue weighted by Crippen LogP contribution is -2.42. The number of nitrogens with zero attached hydrogens (tertiary/aromatic N) is 6. The van der Waals surface area contributed by atoms with Crippen LogP contribution in [-0.2, 0) is 11.3 Å². The first-order chi connectivity index (χ1) is 14.6. The van der Waals surface area contributed by atoms with Gasteiger partial charge in [0.2, 0.25) is 5.91 Å². The summed E-state index contributed by atoms with van der Waals surface area (Å²) in [5, 5.41) is 8.14. The number of aryl methyl sites for hydroxylation is 1.